The second-order valence-electron chi connectivity index (χ2n) is 6.22. The Morgan fingerprint density at radius 1 is 1.21 bits per heavy atom. The average molecular weight is 417 g/mol. The number of carboxylic acids is 1. The number of carbonyl (C=O) groups is 1. The summed E-state index contributed by atoms with van der Waals surface area (Å²) in [7, 11) is 0. The van der Waals surface area contributed by atoms with E-state index in [0.717, 1.165) is 17.7 Å². The second-order valence-corrected chi connectivity index (χ2v) is 8.69. The summed E-state index contributed by atoms with van der Waals surface area (Å²) in [5, 5.41) is 29.2. The monoisotopic (exact) mass is 416 g/mol. The Balaban J connectivity index is 1.89. The van der Waals surface area contributed by atoms with Crippen LogP contribution in [0.3, 0.4) is 0 Å². The van der Waals surface area contributed by atoms with E-state index in [4.69, 9.17) is 9.84 Å². The molecule has 3 N–H and O–H groups in total. The fraction of sp³-hybridized carbons (Fsp3) is 0.286. The number of rotatable bonds is 4. The van der Waals surface area contributed by atoms with Gasteiger partial charge in [0.1, 0.15) is 23.2 Å². The van der Waals surface area contributed by atoms with Gasteiger partial charge in [-0.15, -0.1) is 23.5 Å². The Hall–Kier alpha value is -2.27. The molecule has 0 saturated carbocycles. The van der Waals surface area contributed by atoms with Crippen molar-refractivity contribution in [3.8, 4) is 23.3 Å². The SMILES string of the molecule is CSC1(SC)CCOc2ccc(C(O)C#Cc3ccc(C(=O)O)c(O)c3)cc21. The van der Waals surface area contributed by atoms with Crippen molar-refractivity contribution in [1.82, 2.24) is 0 Å². The minimum Gasteiger partial charge on any atom is -0.507 e. The molecule has 1 aliphatic heterocycles. The number of ether oxygens (including phenoxy) is 1. The molecule has 2 aromatic rings. The van der Waals surface area contributed by atoms with Gasteiger partial charge in [-0.1, -0.05) is 17.9 Å². The molecule has 0 bridgehead atoms. The molecule has 1 unspecified atom stereocenters. The van der Waals surface area contributed by atoms with Gasteiger partial charge in [-0.3, -0.25) is 0 Å². The van der Waals surface area contributed by atoms with Crippen LogP contribution >= 0.6 is 23.5 Å². The van der Waals surface area contributed by atoms with Gasteiger partial charge in [0.2, 0.25) is 0 Å². The smallest absolute Gasteiger partial charge is 0.339 e. The van der Waals surface area contributed by atoms with Crippen LogP contribution in [-0.2, 0) is 4.08 Å². The molecule has 1 atom stereocenters. The van der Waals surface area contributed by atoms with E-state index < -0.39 is 12.1 Å². The molecule has 7 heteroatoms. The first-order valence-corrected chi connectivity index (χ1v) is 11.0. The number of aromatic hydroxyl groups is 1. The van der Waals surface area contributed by atoms with Crippen LogP contribution in [0.2, 0.25) is 0 Å². The minimum absolute atomic E-state index is 0.116. The third-order valence-electron chi connectivity index (χ3n) is 4.66. The lowest BCUT2D eigenvalue weighted by atomic mass is 9.99. The highest BCUT2D eigenvalue weighted by molar-refractivity contribution is 8.16. The maximum Gasteiger partial charge on any atom is 0.339 e. The molecular formula is C21H20O5S2. The normalized spacial score (nSPS) is 15.5. The number of aliphatic hydroxyl groups excluding tert-OH is 1. The number of phenols is 1. The number of thioether (sulfide) groups is 2. The zero-order chi connectivity index (χ0) is 20.3. The van der Waals surface area contributed by atoms with Gasteiger partial charge in [0.25, 0.3) is 0 Å². The topological polar surface area (TPSA) is 87.0 Å². The van der Waals surface area contributed by atoms with Crippen LogP contribution in [0.5, 0.6) is 11.5 Å². The molecule has 3 rings (SSSR count). The summed E-state index contributed by atoms with van der Waals surface area (Å²) < 4.78 is 5.65. The second kappa shape index (κ2) is 8.39. The van der Waals surface area contributed by atoms with E-state index in [1.54, 1.807) is 29.6 Å². The highest BCUT2D eigenvalue weighted by Gasteiger charge is 2.37. The first-order valence-electron chi connectivity index (χ1n) is 8.53. The number of hydrogen-bond acceptors (Lipinski definition) is 6. The van der Waals surface area contributed by atoms with E-state index in [9.17, 15) is 15.0 Å². The number of benzene rings is 2. The van der Waals surface area contributed by atoms with Gasteiger partial charge >= 0.3 is 5.97 Å². The summed E-state index contributed by atoms with van der Waals surface area (Å²) in [4.78, 5) is 11.0. The van der Waals surface area contributed by atoms with Crippen molar-refractivity contribution in [2.75, 3.05) is 19.1 Å². The molecule has 0 aliphatic carbocycles. The maximum absolute atomic E-state index is 11.0. The molecule has 0 radical (unpaired) electrons. The van der Waals surface area contributed by atoms with Crippen LogP contribution < -0.4 is 4.74 Å². The number of fused-ring (bicyclic) bond motifs is 1. The third-order valence-corrected chi connectivity index (χ3v) is 7.83. The van der Waals surface area contributed by atoms with E-state index in [-0.39, 0.29) is 15.4 Å². The minimum atomic E-state index is -1.21. The first kappa shape index (κ1) is 20.5. The van der Waals surface area contributed by atoms with Crippen LogP contribution in [0.4, 0.5) is 0 Å². The molecular weight excluding hydrogens is 396 g/mol. The fourth-order valence-corrected chi connectivity index (χ4v) is 5.10. The summed E-state index contributed by atoms with van der Waals surface area (Å²) in [5.74, 6) is 4.80. The highest BCUT2D eigenvalue weighted by Crippen LogP contribution is 2.52. The van der Waals surface area contributed by atoms with Gasteiger partial charge in [-0.25, -0.2) is 4.79 Å². The van der Waals surface area contributed by atoms with Crippen molar-refractivity contribution in [3.05, 3.63) is 58.7 Å². The van der Waals surface area contributed by atoms with Crippen molar-refractivity contribution in [3.63, 3.8) is 0 Å². The number of hydrogen-bond donors (Lipinski definition) is 3. The Bertz CT molecular complexity index is 957. The van der Waals surface area contributed by atoms with Crippen LogP contribution in [0.1, 0.15) is 39.6 Å². The van der Waals surface area contributed by atoms with Gasteiger partial charge in [0.15, 0.2) is 0 Å². The highest BCUT2D eigenvalue weighted by atomic mass is 32.2. The molecule has 28 heavy (non-hydrogen) atoms. The molecule has 0 aromatic heterocycles. The van der Waals surface area contributed by atoms with E-state index >= 15 is 0 Å². The van der Waals surface area contributed by atoms with Gasteiger partial charge in [-0.2, -0.15) is 0 Å². The largest absolute Gasteiger partial charge is 0.507 e. The predicted molar refractivity (Wildman–Crippen MR) is 112 cm³/mol. The van der Waals surface area contributed by atoms with Crippen LogP contribution in [-0.4, -0.2) is 40.4 Å². The lowest BCUT2D eigenvalue weighted by Crippen LogP contribution is -2.26. The summed E-state index contributed by atoms with van der Waals surface area (Å²) >= 11 is 3.52. The molecule has 5 nitrogen and oxygen atoms in total. The first-order chi connectivity index (χ1) is 13.4. The predicted octanol–water partition coefficient (Wildman–Crippen LogP) is 3.84. The Kier molecular flexibility index (Phi) is 6.14. The summed E-state index contributed by atoms with van der Waals surface area (Å²) in [6.45, 7) is 0.659. The van der Waals surface area contributed by atoms with E-state index in [0.29, 0.717) is 17.7 Å². The molecule has 1 aliphatic rings. The molecule has 0 spiro atoms. The lowest BCUT2D eigenvalue weighted by Gasteiger charge is -2.36. The Morgan fingerprint density at radius 2 is 1.96 bits per heavy atom. The zero-order valence-electron chi connectivity index (χ0n) is 15.4. The van der Waals surface area contributed by atoms with Crippen molar-refractivity contribution in [2.24, 2.45) is 0 Å². The van der Waals surface area contributed by atoms with Gasteiger partial charge in [-0.05, 0) is 48.4 Å². The van der Waals surface area contributed by atoms with Crippen molar-refractivity contribution in [2.45, 2.75) is 16.6 Å². The van der Waals surface area contributed by atoms with Crippen LogP contribution in [0.15, 0.2) is 36.4 Å². The van der Waals surface area contributed by atoms with Gasteiger partial charge < -0.3 is 20.1 Å². The fourth-order valence-electron chi connectivity index (χ4n) is 3.10. The van der Waals surface area contributed by atoms with Crippen molar-refractivity contribution >= 4 is 29.5 Å². The molecule has 0 amide bonds. The summed E-state index contributed by atoms with van der Waals surface area (Å²) in [6, 6.07) is 9.65. The number of aliphatic hydroxyl groups is 1. The van der Waals surface area contributed by atoms with E-state index in [2.05, 4.69) is 24.4 Å². The molecule has 1 heterocycles. The van der Waals surface area contributed by atoms with Crippen molar-refractivity contribution < 1.29 is 24.9 Å². The number of aromatic carboxylic acids is 1. The van der Waals surface area contributed by atoms with Crippen LogP contribution in [0.25, 0.3) is 0 Å². The Morgan fingerprint density at radius 3 is 2.61 bits per heavy atom. The number of carboxylic acid groups (broad SMARTS) is 1. The summed E-state index contributed by atoms with van der Waals surface area (Å²) in [5.41, 5.74) is 1.94. The van der Waals surface area contributed by atoms with Crippen molar-refractivity contribution in [1.29, 1.82) is 0 Å². The zero-order valence-corrected chi connectivity index (χ0v) is 17.1. The molecule has 2 aromatic carbocycles. The molecule has 146 valence electrons. The van der Waals surface area contributed by atoms with Crippen LogP contribution in [0, 0.1) is 11.8 Å². The summed E-state index contributed by atoms with van der Waals surface area (Å²) in [6.07, 6.45) is 4.00. The average Bonchev–Trinajstić information content (AvgIpc) is 2.70. The lowest BCUT2D eigenvalue weighted by molar-refractivity contribution is 0.0693. The quantitative estimate of drug-likeness (QED) is 0.516. The van der Waals surface area contributed by atoms with E-state index in [1.165, 1.54) is 18.2 Å². The standard InChI is InChI=1S/C21H20O5S2/c1-27-21(28-2)9-10-26-19-8-5-14(12-16(19)21)17(22)7-4-13-3-6-15(20(24)25)18(23)11-13/h3,5-6,8,11-12,17,22-23H,9-10H2,1-2H3,(H,24,25). The maximum atomic E-state index is 11.0. The van der Waals surface area contributed by atoms with Gasteiger partial charge in [0, 0.05) is 17.5 Å². The molecule has 0 fully saturated rings. The molecule has 0 saturated heterocycles. The van der Waals surface area contributed by atoms with Gasteiger partial charge in [0.05, 0.1) is 10.7 Å². The Labute approximate surface area is 172 Å². The van der Waals surface area contributed by atoms with E-state index in [1.807, 2.05) is 12.1 Å². The third kappa shape index (κ3) is 3.95.